The van der Waals surface area contributed by atoms with Gasteiger partial charge in [0.05, 0.1) is 4.92 Å². The molecule has 22 heavy (non-hydrogen) atoms. The van der Waals surface area contributed by atoms with Crippen LogP contribution in [0.25, 0.3) is 0 Å². The van der Waals surface area contributed by atoms with Crippen molar-refractivity contribution in [3.8, 4) is 0 Å². The van der Waals surface area contributed by atoms with E-state index in [4.69, 9.17) is 5.11 Å². The van der Waals surface area contributed by atoms with Crippen molar-refractivity contribution in [2.45, 2.75) is 38.6 Å². The molecular formula is C13H18N2O6S. The molecule has 9 heteroatoms. The minimum absolute atomic E-state index is 0.217. The second kappa shape index (κ2) is 6.41. The van der Waals surface area contributed by atoms with Crippen LogP contribution in [0.3, 0.4) is 0 Å². The lowest BCUT2D eigenvalue weighted by Crippen LogP contribution is -2.44. The number of rotatable bonds is 6. The van der Waals surface area contributed by atoms with Crippen LogP contribution in [0.4, 0.5) is 5.69 Å². The summed E-state index contributed by atoms with van der Waals surface area (Å²) in [6.45, 7) is 6.15. The van der Waals surface area contributed by atoms with Crippen LogP contribution >= 0.6 is 0 Å². The van der Waals surface area contributed by atoms with Gasteiger partial charge in [-0.2, -0.15) is 4.72 Å². The van der Waals surface area contributed by atoms with Gasteiger partial charge in [-0.15, -0.1) is 0 Å². The Hall–Kier alpha value is -2.00. The van der Waals surface area contributed by atoms with Gasteiger partial charge in [-0.3, -0.25) is 14.9 Å². The smallest absolute Gasteiger partial charge is 0.322 e. The average Bonchev–Trinajstić information content (AvgIpc) is 2.37. The minimum atomic E-state index is -4.35. The van der Waals surface area contributed by atoms with Gasteiger partial charge in [0.15, 0.2) is 4.90 Å². The lowest BCUT2D eigenvalue weighted by Gasteiger charge is -2.19. The van der Waals surface area contributed by atoms with Gasteiger partial charge in [-0.1, -0.05) is 19.9 Å². The Kier molecular flexibility index (Phi) is 5.26. The van der Waals surface area contributed by atoms with Crippen LogP contribution in [-0.2, 0) is 14.8 Å². The van der Waals surface area contributed by atoms with E-state index in [0.29, 0.717) is 5.56 Å². The average molecular weight is 330 g/mol. The summed E-state index contributed by atoms with van der Waals surface area (Å²) in [5.41, 5.74) is 0.195. The summed E-state index contributed by atoms with van der Waals surface area (Å²) in [6, 6.07) is 1.18. The zero-order chi connectivity index (χ0) is 17.2. The number of carbonyl (C=O) groups is 1. The third kappa shape index (κ3) is 3.60. The summed E-state index contributed by atoms with van der Waals surface area (Å²) in [5.74, 6) is -1.86. The molecule has 0 amide bonds. The fraction of sp³-hybridized carbons (Fsp3) is 0.462. The molecule has 0 fully saturated rings. The fourth-order valence-electron chi connectivity index (χ4n) is 1.96. The van der Waals surface area contributed by atoms with E-state index in [1.165, 1.54) is 13.0 Å². The SMILES string of the molecule is Cc1ccc([N+](=O)[O-])c(S(=O)(=O)NC(C(=O)O)C(C)C)c1C. The number of aliphatic carboxylic acids is 1. The van der Waals surface area contributed by atoms with Crippen molar-refractivity contribution in [2.75, 3.05) is 0 Å². The summed E-state index contributed by atoms with van der Waals surface area (Å²) in [7, 11) is -4.35. The van der Waals surface area contributed by atoms with Crippen LogP contribution < -0.4 is 4.72 Å². The maximum Gasteiger partial charge on any atom is 0.322 e. The Morgan fingerprint density at radius 2 is 1.86 bits per heavy atom. The Balaban J connectivity index is 3.49. The number of benzene rings is 1. The Bertz CT molecular complexity index is 711. The number of nitrogens with zero attached hydrogens (tertiary/aromatic N) is 1. The first kappa shape index (κ1) is 18.1. The first-order valence-corrected chi connectivity index (χ1v) is 7.97. The molecule has 1 rings (SSSR count). The normalized spacial score (nSPS) is 13.1. The summed E-state index contributed by atoms with van der Waals surface area (Å²) in [4.78, 5) is 20.9. The monoisotopic (exact) mass is 330 g/mol. The number of carboxylic acids is 1. The van der Waals surface area contributed by atoms with E-state index >= 15 is 0 Å². The number of nitro groups is 1. The second-order valence-electron chi connectivity index (χ2n) is 5.29. The number of aryl methyl sites for hydroxylation is 1. The molecule has 1 unspecified atom stereocenters. The highest BCUT2D eigenvalue weighted by molar-refractivity contribution is 7.89. The fourth-order valence-corrected chi connectivity index (χ4v) is 3.76. The predicted octanol–water partition coefficient (Wildman–Crippen LogP) is 1.60. The summed E-state index contributed by atoms with van der Waals surface area (Å²) >= 11 is 0. The van der Waals surface area contributed by atoms with Crippen molar-refractivity contribution >= 4 is 21.7 Å². The standard InChI is InChI=1S/C13H18N2O6S/c1-7(2)11(13(16)17)14-22(20,21)12-9(4)8(3)5-6-10(12)15(18)19/h5-7,11,14H,1-4H3,(H,16,17). The molecule has 0 bridgehead atoms. The largest absolute Gasteiger partial charge is 0.480 e. The predicted molar refractivity (Wildman–Crippen MR) is 79.2 cm³/mol. The zero-order valence-electron chi connectivity index (χ0n) is 12.7. The maximum atomic E-state index is 12.5. The van der Waals surface area contributed by atoms with E-state index < -0.39 is 43.5 Å². The summed E-state index contributed by atoms with van der Waals surface area (Å²) < 4.78 is 27.0. The lowest BCUT2D eigenvalue weighted by molar-refractivity contribution is -0.387. The summed E-state index contributed by atoms with van der Waals surface area (Å²) in [6.07, 6.45) is 0. The van der Waals surface area contributed by atoms with Gasteiger partial charge in [0.25, 0.3) is 5.69 Å². The van der Waals surface area contributed by atoms with Gasteiger partial charge in [0.1, 0.15) is 6.04 Å². The van der Waals surface area contributed by atoms with Gasteiger partial charge in [0.2, 0.25) is 10.0 Å². The highest BCUT2D eigenvalue weighted by Crippen LogP contribution is 2.29. The van der Waals surface area contributed by atoms with Crippen LogP contribution in [0, 0.1) is 29.9 Å². The number of carboxylic acid groups (broad SMARTS) is 1. The van der Waals surface area contributed by atoms with Crippen molar-refractivity contribution in [1.29, 1.82) is 0 Å². The molecule has 2 N–H and O–H groups in total. The second-order valence-corrected chi connectivity index (χ2v) is 6.94. The number of sulfonamides is 1. The van der Waals surface area contributed by atoms with Crippen molar-refractivity contribution in [1.82, 2.24) is 4.72 Å². The molecule has 1 atom stereocenters. The molecule has 0 aliphatic carbocycles. The number of hydrogen-bond donors (Lipinski definition) is 2. The number of nitrogens with one attached hydrogen (secondary N) is 1. The van der Waals surface area contributed by atoms with Crippen LogP contribution in [-0.4, -0.2) is 30.5 Å². The van der Waals surface area contributed by atoms with Crippen molar-refractivity contribution in [2.24, 2.45) is 5.92 Å². The molecule has 122 valence electrons. The first-order chi connectivity index (χ1) is 9.99. The molecule has 1 aromatic rings. The number of nitro benzene ring substituents is 1. The van der Waals surface area contributed by atoms with E-state index in [2.05, 4.69) is 0 Å². The van der Waals surface area contributed by atoms with Crippen LogP contribution in [0.15, 0.2) is 17.0 Å². The molecular weight excluding hydrogens is 312 g/mol. The zero-order valence-corrected chi connectivity index (χ0v) is 13.5. The molecule has 1 aromatic carbocycles. The molecule has 0 aromatic heterocycles. The van der Waals surface area contributed by atoms with Crippen molar-refractivity contribution in [3.63, 3.8) is 0 Å². The Morgan fingerprint density at radius 3 is 2.27 bits per heavy atom. The lowest BCUT2D eigenvalue weighted by atomic mass is 10.1. The van der Waals surface area contributed by atoms with E-state index in [1.54, 1.807) is 20.8 Å². The van der Waals surface area contributed by atoms with Crippen molar-refractivity contribution < 1.29 is 23.2 Å². The van der Waals surface area contributed by atoms with Gasteiger partial charge < -0.3 is 5.11 Å². The molecule has 0 saturated heterocycles. The third-order valence-corrected chi connectivity index (χ3v) is 4.95. The Morgan fingerprint density at radius 1 is 1.32 bits per heavy atom. The number of hydrogen-bond acceptors (Lipinski definition) is 5. The van der Waals surface area contributed by atoms with Crippen molar-refractivity contribution in [3.05, 3.63) is 33.4 Å². The van der Waals surface area contributed by atoms with Crippen LogP contribution in [0.2, 0.25) is 0 Å². The Labute approximate surface area is 128 Å². The third-order valence-electron chi connectivity index (χ3n) is 3.34. The van der Waals surface area contributed by atoms with E-state index in [1.807, 2.05) is 4.72 Å². The quantitative estimate of drug-likeness (QED) is 0.602. The minimum Gasteiger partial charge on any atom is -0.480 e. The molecule has 0 spiro atoms. The van der Waals surface area contributed by atoms with Crippen LogP contribution in [0.1, 0.15) is 25.0 Å². The molecule has 0 radical (unpaired) electrons. The van der Waals surface area contributed by atoms with E-state index in [0.717, 1.165) is 6.07 Å². The molecule has 0 saturated carbocycles. The van der Waals surface area contributed by atoms with E-state index in [-0.39, 0.29) is 5.56 Å². The first-order valence-electron chi connectivity index (χ1n) is 6.48. The van der Waals surface area contributed by atoms with Crippen LogP contribution in [0.5, 0.6) is 0 Å². The van der Waals surface area contributed by atoms with Gasteiger partial charge >= 0.3 is 5.97 Å². The molecule has 8 nitrogen and oxygen atoms in total. The maximum absolute atomic E-state index is 12.5. The topological polar surface area (TPSA) is 127 Å². The van der Waals surface area contributed by atoms with Gasteiger partial charge in [-0.25, -0.2) is 8.42 Å². The summed E-state index contributed by atoms with van der Waals surface area (Å²) in [5, 5.41) is 20.2. The molecule has 0 heterocycles. The highest BCUT2D eigenvalue weighted by atomic mass is 32.2. The molecule has 0 aliphatic heterocycles. The van der Waals surface area contributed by atoms with Gasteiger partial charge in [-0.05, 0) is 30.9 Å². The van der Waals surface area contributed by atoms with Gasteiger partial charge in [0, 0.05) is 6.07 Å². The van der Waals surface area contributed by atoms with E-state index in [9.17, 15) is 23.3 Å². The highest BCUT2D eigenvalue weighted by Gasteiger charge is 2.34. The molecule has 0 aliphatic rings.